The number of hydrogen-bond donors (Lipinski definition) is 2. The Bertz CT molecular complexity index is 602. The number of nitrogens with zero attached hydrogens (tertiary/aromatic N) is 2. The van der Waals surface area contributed by atoms with Crippen LogP contribution >= 0.6 is 0 Å². The first-order valence-electron chi connectivity index (χ1n) is 6.11. The summed E-state index contributed by atoms with van der Waals surface area (Å²) in [6.45, 7) is 3.96. The summed E-state index contributed by atoms with van der Waals surface area (Å²) in [4.78, 5) is 6.47. The van der Waals surface area contributed by atoms with Crippen molar-refractivity contribution in [1.29, 1.82) is 5.41 Å². The van der Waals surface area contributed by atoms with Crippen molar-refractivity contribution in [3.63, 3.8) is 0 Å². The van der Waals surface area contributed by atoms with Gasteiger partial charge in [-0.05, 0) is 38.1 Å². The SMILES string of the molecule is Cc1ccc(N(C)c2cc(C(=N)N)cc(C)n2)cc1. The Morgan fingerprint density at radius 1 is 1.16 bits per heavy atom. The number of pyridine rings is 1. The number of benzene rings is 1. The molecule has 0 aliphatic heterocycles. The van der Waals surface area contributed by atoms with Crippen LogP contribution in [0, 0.1) is 19.3 Å². The lowest BCUT2D eigenvalue weighted by molar-refractivity contribution is 1.09. The minimum absolute atomic E-state index is 0.0593. The number of nitrogen functional groups attached to an aromatic ring is 1. The van der Waals surface area contributed by atoms with E-state index in [-0.39, 0.29) is 5.84 Å². The van der Waals surface area contributed by atoms with Crippen molar-refractivity contribution < 1.29 is 0 Å². The number of amidine groups is 1. The van der Waals surface area contributed by atoms with Crippen molar-refractivity contribution in [2.75, 3.05) is 11.9 Å². The Morgan fingerprint density at radius 2 is 1.79 bits per heavy atom. The summed E-state index contributed by atoms with van der Waals surface area (Å²) in [5, 5.41) is 7.53. The largest absolute Gasteiger partial charge is 0.384 e. The fourth-order valence-corrected chi connectivity index (χ4v) is 1.88. The van der Waals surface area contributed by atoms with Crippen LogP contribution in [0.15, 0.2) is 36.4 Å². The molecule has 0 radical (unpaired) electrons. The highest BCUT2D eigenvalue weighted by atomic mass is 15.2. The molecule has 0 unspecified atom stereocenters. The third kappa shape index (κ3) is 2.91. The van der Waals surface area contributed by atoms with Crippen LogP contribution < -0.4 is 10.6 Å². The average Bonchev–Trinajstić information content (AvgIpc) is 2.38. The zero-order valence-corrected chi connectivity index (χ0v) is 11.4. The summed E-state index contributed by atoms with van der Waals surface area (Å²) < 4.78 is 0. The maximum atomic E-state index is 7.53. The number of nitrogens with two attached hydrogens (primary N) is 1. The van der Waals surface area contributed by atoms with Gasteiger partial charge in [0.1, 0.15) is 11.7 Å². The van der Waals surface area contributed by atoms with Crippen LogP contribution in [0.3, 0.4) is 0 Å². The monoisotopic (exact) mass is 254 g/mol. The molecule has 98 valence electrons. The summed E-state index contributed by atoms with van der Waals surface area (Å²) in [6.07, 6.45) is 0. The second-order valence-corrected chi connectivity index (χ2v) is 4.66. The van der Waals surface area contributed by atoms with Gasteiger partial charge in [-0.2, -0.15) is 0 Å². The quantitative estimate of drug-likeness (QED) is 0.654. The van der Waals surface area contributed by atoms with Gasteiger partial charge in [-0.25, -0.2) is 4.98 Å². The normalized spacial score (nSPS) is 10.3. The zero-order chi connectivity index (χ0) is 14.0. The summed E-state index contributed by atoms with van der Waals surface area (Å²) in [6, 6.07) is 11.9. The van der Waals surface area contributed by atoms with E-state index in [2.05, 4.69) is 24.0 Å². The van der Waals surface area contributed by atoms with Gasteiger partial charge in [0.2, 0.25) is 0 Å². The van der Waals surface area contributed by atoms with E-state index < -0.39 is 0 Å². The summed E-state index contributed by atoms with van der Waals surface area (Å²) in [7, 11) is 1.95. The molecule has 0 bridgehead atoms. The van der Waals surface area contributed by atoms with Gasteiger partial charge in [-0.15, -0.1) is 0 Å². The fourth-order valence-electron chi connectivity index (χ4n) is 1.88. The van der Waals surface area contributed by atoms with Gasteiger partial charge in [0.25, 0.3) is 0 Å². The Hall–Kier alpha value is -2.36. The third-order valence-corrected chi connectivity index (χ3v) is 3.02. The number of aromatic nitrogens is 1. The molecule has 0 fully saturated rings. The van der Waals surface area contributed by atoms with Crippen LogP contribution in [0.2, 0.25) is 0 Å². The Kier molecular flexibility index (Phi) is 3.51. The molecule has 1 aromatic carbocycles. The summed E-state index contributed by atoms with van der Waals surface area (Å²) in [5.74, 6) is 0.845. The minimum atomic E-state index is 0.0593. The Balaban J connectivity index is 2.40. The zero-order valence-electron chi connectivity index (χ0n) is 11.4. The molecule has 19 heavy (non-hydrogen) atoms. The second-order valence-electron chi connectivity index (χ2n) is 4.66. The molecular weight excluding hydrogens is 236 g/mol. The molecule has 1 heterocycles. The topological polar surface area (TPSA) is 66.0 Å². The molecule has 1 aromatic heterocycles. The Morgan fingerprint density at radius 3 is 2.37 bits per heavy atom. The maximum absolute atomic E-state index is 7.53. The molecular formula is C15H18N4. The van der Waals surface area contributed by atoms with E-state index >= 15 is 0 Å². The van der Waals surface area contributed by atoms with Crippen molar-refractivity contribution in [3.8, 4) is 0 Å². The van der Waals surface area contributed by atoms with E-state index in [1.165, 1.54) is 5.56 Å². The van der Waals surface area contributed by atoms with Crippen LogP contribution in [0.1, 0.15) is 16.8 Å². The highest BCUT2D eigenvalue weighted by Crippen LogP contribution is 2.23. The first kappa shape index (κ1) is 13.1. The number of aryl methyl sites for hydroxylation is 2. The van der Waals surface area contributed by atoms with E-state index in [1.54, 1.807) is 0 Å². The van der Waals surface area contributed by atoms with Gasteiger partial charge in [0.05, 0.1) is 0 Å². The van der Waals surface area contributed by atoms with Gasteiger partial charge >= 0.3 is 0 Å². The molecule has 0 atom stereocenters. The molecule has 4 heteroatoms. The van der Waals surface area contributed by atoms with Gasteiger partial charge in [0.15, 0.2) is 0 Å². The molecule has 3 N–H and O–H groups in total. The number of hydrogen-bond acceptors (Lipinski definition) is 3. The van der Waals surface area contributed by atoms with E-state index in [0.717, 1.165) is 17.2 Å². The van der Waals surface area contributed by atoms with Crippen molar-refractivity contribution >= 4 is 17.3 Å². The maximum Gasteiger partial charge on any atom is 0.133 e. The average molecular weight is 254 g/mol. The molecule has 4 nitrogen and oxygen atoms in total. The van der Waals surface area contributed by atoms with Gasteiger partial charge in [0, 0.05) is 24.0 Å². The highest BCUT2D eigenvalue weighted by Gasteiger charge is 2.08. The predicted octanol–water partition coefficient (Wildman–Crippen LogP) is 2.75. The Labute approximate surface area is 113 Å². The first-order chi connectivity index (χ1) is 8.97. The van der Waals surface area contributed by atoms with Crippen molar-refractivity contribution in [2.45, 2.75) is 13.8 Å². The van der Waals surface area contributed by atoms with Crippen molar-refractivity contribution in [3.05, 3.63) is 53.2 Å². The lowest BCUT2D eigenvalue weighted by Gasteiger charge is -2.19. The van der Waals surface area contributed by atoms with Crippen LogP contribution in [0.4, 0.5) is 11.5 Å². The van der Waals surface area contributed by atoms with Crippen LogP contribution in [0.25, 0.3) is 0 Å². The lowest BCUT2D eigenvalue weighted by atomic mass is 10.2. The predicted molar refractivity (Wildman–Crippen MR) is 79.2 cm³/mol. The minimum Gasteiger partial charge on any atom is -0.384 e. The molecule has 0 aliphatic rings. The van der Waals surface area contributed by atoms with Crippen LogP contribution in [0.5, 0.6) is 0 Å². The van der Waals surface area contributed by atoms with Crippen molar-refractivity contribution in [2.24, 2.45) is 5.73 Å². The summed E-state index contributed by atoms with van der Waals surface area (Å²) >= 11 is 0. The number of anilines is 2. The highest BCUT2D eigenvalue weighted by molar-refractivity contribution is 5.95. The van der Waals surface area contributed by atoms with Gasteiger partial charge < -0.3 is 10.6 Å². The van der Waals surface area contributed by atoms with Crippen LogP contribution in [-0.2, 0) is 0 Å². The molecule has 0 spiro atoms. The van der Waals surface area contributed by atoms with E-state index in [9.17, 15) is 0 Å². The van der Waals surface area contributed by atoms with E-state index in [4.69, 9.17) is 11.1 Å². The molecule has 0 saturated heterocycles. The van der Waals surface area contributed by atoms with E-state index in [0.29, 0.717) is 5.56 Å². The van der Waals surface area contributed by atoms with Gasteiger partial charge in [-0.1, -0.05) is 17.7 Å². The lowest BCUT2D eigenvalue weighted by Crippen LogP contribution is -2.16. The van der Waals surface area contributed by atoms with Crippen molar-refractivity contribution in [1.82, 2.24) is 4.98 Å². The second kappa shape index (κ2) is 5.10. The third-order valence-electron chi connectivity index (χ3n) is 3.02. The number of rotatable bonds is 3. The molecule has 0 saturated carbocycles. The van der Waals surface area contributed by atoms with E-state index in [1.807, 2.05) is 43.1 Å². The molecule has 2 rings (SSSR count). The smallest absolute Gasteiger partial charge is 0.133 e. The van der Waals surface area contributed by atoms with Gasteiger partial charge in [-0.3, -0.25) is 5.41 Å². The first-order valence-corrected chi connectivity index (χ1v) is 6.11. The molecule has 0 amide bonds. The molecule has 0 aliphatic carbocycles. The molecule has 2 aromatic rings. The van der Waals surface area contributed by atoms with Crippen LogP contribution in [-0.4, -0.2) is 17.9 Å². The standard InChI is InChI=1S/C15H18N4/c1-10-4-6-13(7-5-10)19(3)14-9-12(15(16)17)8-11(2)18-14/h4-9H,1-3H3,(H3,16,17). The number of nitrogens with one attached hydrogen (secondary N) is 1. The summed E-state index contributed by atoms with van der Waals surface area (Å²) in [5.41, 5.74) is 9.37. The fraction of sp³-hybridized carbons (Fsp3) is 0.200.